The topological polar surface area (TPSA) is 130 Å². The lowest BCUT2D eigenvalue weighted by Gasteiger charge is -2.15. The van der Waals surface area contributed by atoms with Crippen LogP contribution >= 0.6 is 11.6 Å². The Morgan fingerprint density at radius 1 is 1.05 bits per heavy atom. The Kier molecular flexibility index (Phi) is 6.16. The Bertz CT molecular complexity index is 1560. The van der Waals surface area contributed by atoms with Gasteiger partial charge in [0.05, 0.1) is 29.7 Å². The fourth-order valence-electron chi connectivity index (χ4n) is 4.77. The van der Waals surface area contributed by atoms with E-state index in [1.54, 1.807) is 6.07 Å². The molecule has 0 saturated carbocycles. The van der Waals surface area contributed by atoms with E-state index < -0.39 is 15.8 Å². The molecule has 2 aliphatic rings. The fraction of sp³-hybridized carbons (Fsp3) is 0.308. The van der Waals surface area contributed by atoms with E-state index in [4.69, 9.17) is 30.6 Å². The number of halogens is 1. The smallest absolute Gasteiger partial charge is 0.296 e. The van der Waals surface area contributed by atoms with Gasteiger partial charge in [0.1, 0.15) is 23.8 Å². The van der Waals surface area contributed by atoms with Gasteiger partial charge in [-0.3, -0.25) is 9.76 Å². The van der Waals surface area contributed by atoms with E-state index in [0.29, 0.717) is 28.5 Å². The lowest BCUT2D eigenvalue weighted by Crippen LogP contribution is -2.34. The minimum atomic E-state index is -2.58. The van der Waals surface area contributed by atoms with Crippen LogP contribution < -0.4 is 4.74 Å². The first-order valence-corrected chi connectivity index (χ1v) is 14.3. The molecule has 2 aliphatic heterocycles. The van der Waals surface area contributed by atoms with Crippen molar-refractivity contribution in [3.63, 3.8) is 0 Å². The minimum absolute atomic E-state index is 0.230. The molecule has 0 amide bonds. The third kappa shape index (κ3) is 4.95. The lowest BCUT2D eigenvalue weighted by atomic mass is 10.0. The van der Waals surface area contributed by atoms with E-state index >= 15 is 0 Å². The van der Waals surface area contributed by atoms with Crippen LogP contribution in [0, 0.1) is 4.78 Å². The zero-order chi connectivity index (χ0) is 25.7. The number of aliphatic hydroxyl groups excluding tert-OH is 1. The van der Waals surface area contributed by atoms with Gasteiger partial charge in [-0.1, -0.05) is 60.1 Å². The molecule has 0 radical (unpaired) electrons. The van der Waals surface area contributed by atoms with Crippen molar-refractivity contribution in [2.45, 2.75) is 30.2 Å². The highest BCUT2D eigenvalue weighted by atomic mass is 35.5. The highest BCUT2D eigenvalue weighted by Gasteiger charge is 2.48. The number of hydrogen-bond acceptors (Lipinski definition) is 8. The van der Waals surface area contributed by atoms with Crippen LogP contribution in [0.2, 0.25) is 5.02 Å². The summed E-state index contributed by atoms with van der Waals surface area (Å²) in [4.78, 5) is 12.2. The summed E-state index contributed by atoms with van der Waals surface area (Å²) in [6.45, 7) is 0.537. The molecule has 3 N–H and O–H groups in total. The first kappa shape index (κ1) is 24.3. The number of nitrogens with zero attached hydrogens (tertiary/aromatic N) is 2. The van der Waals surface area contributed by atoms with Crippen molar-refractivity contribution >= 4 is 32.5 Å². The number of hydrogen-bond donors (Lipinski definition) is 3. The SMILES string of the molecule is CS(=N)(=O)Cc1ccc(-c2ccc(-c3nc4[nH]c(O[C@@H]5CO[C@H]6[C@@H]5OC[C@H]6O)nc4cc3Cl)cc2)cc1. The highest BCUT2D eigenvalue weighted by Crippen LogP contribution is 2.33. The summed E-state index contributed by atoms with van der Waals surface area (Å²) in [5.74, 6) is 0.242. The number of aliphatic hydroxyl groups is 1. The van der Waals surface area contributed by atoms with Gasteiger partial charge in [0.2, 0.25) is 0 Å². The Labute approximate surface area is 218 Å². The molecule has 0 bridgehead atoms. The maximum Gasteiger partial charge on any atom is 0.296 e. The summed E-state index contributed by atoms with van der Waals surface area (Å²) in [6.07, 6.45) is -0.295. The van der Waals surface area contributed by atoms with Crippen molar-refractivity contribution in [3.8, 4) is 28.4 Å². The van der Waals surface area contributed by atoms with Gasteiger partial charge in [-0.05, 0) is 22.8 Å². The molecular weight excluding hydrogens is 516 g/mol. The van der Waals surface area contributed by atoms with E-state index in [1.807, 2.05) is 48.5 Å². The molecule has 11 heteroatoms. The van der Waals surface area contributed by atoms with Gasteiger partial charge < -0.3 is 19.3 Å². The molecule has 2 aromatic carbocycles. The number of nitrogens with one attached hydrogen (secondary N) is 2. The molecule has 2 saturated heterocycles. The standard InChI is InChI=1S/C26H25ClN4O5S/c1-37(28,33)13-14-2-4-15(5-3-14)16-6-8-17(9-7-16)22-18(27)10-19-25(30-22)31-26(29-19)36-21-12-35-23-20(32)11-34-24(21)23/h2-10,20-21,23-24,28,32H,11-13H2,1H3,(H,29,30,31)/t20-,21-,23-,24-,37?/m1/s1. The van der Waals surface area contributed by atoms with Gasteiger partial charge >= 0.3 is 0 Å². The monoisotopic (exact) mass is 540 g/mol. The number of H-pyrrole nitrogens is 1. The van der Waals surface area contributed by atoms with Crippen molar-refractivity contribution in [2.24, 2.45) is 0 Å². The first-order chi connectivity index (χ1) is 17.7. The summed E-state index contributed by atoms with van der Waals surface area (Å²) in [5, 5.41) is 10.4. The molecule has 4 aromatic rings. The number of ether oxygens (including phenoxy) is 3. The largest absolute Gasteiger partial charge is 0.456 e. The molecule has 4 heterocycles. The second kappa shape index (κ2) is 9.38. The zero-order valence-corrected chi connectivity index (χ0v) is 21.5. The third-order valence-electron chi connectivity index (χ3n) is 6.54. The normalized spacial score (nSPS) is 24.7. The summed E-state index contributed by atoms with van der Waals surface area (Å²) in [6, 6.07) is 17.7. The average molecular weight is 541 g/mol. The summed E-state index contributed by atoms with van der Waals surface area (Å²) < 4.78 is 36.6. The van der Waals surface area contributed by atoms with Crippen LogP contribution in [0.1, 0.15) is 5.56 Å². The third-order valence-corrected chi connectivity index (χ3v) is 7.71. The van der Waals surface area contributed by atoms with Crippen LogP contribution in [0.25, 0.3) is 33.5 Å². The van der Waals surface area contributed by atoms with Crippen LogP contribution in [0.4, 0.5) is 0 Å². The number of aromatic amines is 1. The molecule has 0 spiro atoms. The molecule has 0 aliphatic carbocycles. The number of rotatable bonds is 6. The number of pyridine rings is 1. The molecule has 192 valence electrons. The van der Waals surface area contributed by atoms with Crippen LogP contribution in [-0.2, 0) is 25.0 Å². The van der Waals surface area contributed by atoms with Crippen LogP contribution in [-0.4, -0.2) is 68.2 Å². The van der Waals surface area contributed by atoms with Crippen LogP contribution in [0.15, 0.2) is 54.6 Å². The van der Waals surface area contributed by atoms with Gasteiger partial charge in [-0.15, -0.1) is 0 Å². The maximum atomic E-state index is 11.7. The molecule has 9 nitrogen and oxygen atoms in total. The summed E-state index contributed by atoms with van der Waals surface area (Å²) >= 11 is 6.57. The summed E-state index contributed by atoms with van der Waals surface area (Å²) in [7, 11) is -2.58. The molecule has 37 heavy (non-hydrogen) atoms. The van der Waals surface area contributed by atoms with E-state index in [-0.39, 0.29) is 36.7 Å². The zero-order valence-electron chi connectivity index (χ0n) is 19.9. The van der Waals surface area contributed by atoms with Gasteiger partial charge in [-0.2, -0.15) is 4.98 Å². The summed E-state index contributed by atoms with van der Waals surface area (Å²) in [5.41, 5.74) is 5.50. The average Bonchev–Trinajstić information content (AvgIpc) is 3.55. The molecule has 5 atom stereocenters. The molecule has 6 rings (SSSR count). The van der Waals surface area contributed by atoms with E-state index in [2.05, 4.69) is 15.0 Å². The van der Waals surface area contributed by atoms with E-state index in [0.717, 1.165) is 22.3 Å². The fourth-order valence-corrected chi connectivity index (χ4v) is 5.86. The Morgan fingerprint density at radius 3 is 2.41 bits per heavy atom. The highest BCUT2D eigenvalue weighted by molar-refractivity contribution is 7.90. The second-order valence-corrected chi connectivity index (χ2v) is 12.2. The quantitative estimate of drug-likeness (QED) is 0.336. The van der Waals surface area contributed by atoms with Gasteiger partial charge in [0, 0.05) is 21.5 Å². The van der Waals surface area contributed by atoms with Gasteiger partial charge in [0.25, 0.3) is 6.01 Å². The number of benzene rings is 2. The van der Waals surface area contributed by atoms with Crippen LogP contribution in [0.3, 0.4) is 0 Å². The second-order valence-electron chi connectivity index (χ2n) is 9.47. The van der Waals surface area contributed by atoms with Crippen molar-refractivity contribution in [1.29, 1.82) is 4.78 Å². The molecule has 2 aromatic heterocycles. The van der Waals surface area contributed by atoms with E-state index in [1.165, 1.54) is 6.26 Å². The Hall–Kier alpha value is -3.02. The van der Waals surface area contributed by atoms with Crippen molar-refractivity contribution in [1.82, 2.24) is 15.0 Å². The predicted octanol–water partition coefficient (Wildman–Crippen LogP) is 4.03. The number of imidazole rings is 1. The molecule has 1 unspecified atom stereocenters. The number of aromatic nitrogens is 3. The molecule has 2 fully saturated rings. The minimum Gasteiger partial charge on any atom is -0.456 e. The van der Waals surface area contributed by atoms with Gasteiger partial charge in [0.15, 0.2) is 11.8 Å². The maximum absolute atomic E-state index is 11.7. The van der Waals surface area contributed by atoms with E-state index in [9.17, 15) is 9.32 Å². The van der Waals surface area contributed by atoms with Gasteiger partial charge in [-0.25, -0.2) is 9.19 Å². The Morgan fingerprint density at radius 2 is 1.70 bits per heavy atom. The lowest BCUT2D eigenvalue weighted by molar-refractivity contribution is 0.00706. The predicted molar refractivity (Wildman–Crippen MR) is 140 cm³/mol. The van der Waals surface area contributed by atoms with Crippen molar-refractivity contribution in [2.75, 3.05) is 19.5 Å². The van der Waals surface area contributed by atoms with Crippen molar-refractivity contribution < 1.29 is 23.5 Å². The first-order valence-electron chi connectivity index (χ1n) is 11.8. The van der Waals surface area contributed by atoms with Crippen LogP contribution in [0.5, 0.6) is 6.01 Å². The Balaban J connectivity index is 1.21. The van der Waals surface area contributed by atoms with Crippen molar-refractivity contribution in [3.05, 3.63) is 65.2 Å². The number of fused-ring (bicyclic) bond motifs is 2. The molecular formula is C26H25ClN4O5S.